The molecular weight excluding hydrogens is 375 g/mol. The second-order valence-corrected chi connectivity index (χ2v) is 7.32. The summed E-state index contributed by atoms with van der Waals surface area (Å²) < 4.78 is 53.1. The lowest BCUT2D eigenvalue weighted by Crippen LogP contribution is -2.18. The molecule has 0 amide bonds. The normalized spacial score (nSPS) is 16.7. The number of nitrogens with zero attached hydrogens (tertiary/aromatic N) is 1. The van der Waals surface area contributed by atoms with Gasteiger partial charge in [-0.3, -0.25) is 0 Å². The van der Waals surface area contributed by atoms with E-state index in [2.05, 4.69) is 14.5 Å². The number of rotatable bonds is 4. The minimum Gasteiger partial charge on any atom is -0.615 e. The maximum atomic E-state index is 13.7. The molecule has 0 unspecified atom stereocenters. The van der Waals surface area contributed by atoms with Crippen molar-refractivity contribution in [3.8, 4) is 5.75 Å². The van der Waals surface area contributed by atoms with Crippen molar-refractivity contribution in [3.05, 3.63) is 65.0 Å². The number of benzene rings is 2. The van der Waals surface area contributed by atoms with Crippen molar-refractivity contribution in [2.75, 3.05) is 19.5 Å². The second-order valence-electron chi connectivity index (χ2n) is 5.75. The van der Waals surface area contributed by atoms with Crippen molar-refractivity contribution in [2.45, 2.75) is 11.8 Å². The molecule has 2 aromatic rings. The van der Waals surface area contributed by atoms with E-state index >= 15 is 0 Å². The second kappa shape index (κ2) is 6.92. The van der Waals surface area contributed by atoms with Gasteiger partial charge < -0.3 is 19.9 Å². The Bertz CT molecular complexity index is 1080. The third-order valence-corrected chi connectivity index (χ3v) is 5.23. The molecule has 0 bridgehead atoms. The van der Waals surface area contributed by atoms with Gasteiger partial charge in [-0.05, 0) is 49.9 Å². The van der Waals surface area contributed by atoms with E-state index < -0.39 is 21.8 Å². The summed E-state index contributed by atoms with van der Waals surface area (Å²) in [6.45, 7) is 1.72. The summed E-state index contributed by atoms with van der Waals surface area (Å²) in [6.07, 6.45) is 0. The van der Waals surface area contributed by atoms with Crippen LogP contribution in [0, 0.1) is 12.7 Å². The molecule has 0 radical (unpaired) electrons. The number of anilines is 1. The van der Waals surface area contributed by atoms with Gasteiger partial charge in [0.1, 0.15) is 22.2 Å². The molecule has 0 atom stereocenters. The number of halogens is 1. The summed E-state index contributed by atoms with van der Waals surface area (Å²) in [6, 6.07) is 8.27. The Labute approximate surface area is 155 Å². The molecule has 1 N–H and O–H groups in total. The highest BCUT2D eigenvalue weighted by Gasteiger charge is 2.29. The summed E-state index contributed by atoms with van der Waals surface area (Å²) in [4.78, 5) is -0.161. The average Bonchev–Trinajstić information content (AvgIpc) is 2.98. The van der Waals surface area contributed by atoms with Gasteiger partial charge in [0, 0.05) is 11.3 Å². The van der Waals surface area contributed by atoms with Crippen molar-refractivity contribution in [1.82, 2.24) is 0 Å². The van der Waals surface area contributed by atoms with Crippen LogP contribution in [-0.4, -0.2) is 28.3 Å². The van der Waals surface area contributed by atoms with Gasteiger partial charge in [-0.1, -0.05) is 6.07 Å². The van der Waals surface area contributed by atoms with Gasteiger partial charge in [-0.2, -0.15) is 12.8 Å². The smallest absolute Gasteiger partial charge is 0.286 e. The van der Waals surface area contributed by atoms with E-state index in [1.54, 1.807) is 13.0 Å². The lowest BCUT2D eigenvalue weighted by atomic mass is 10.1. The fraction of sp³-hybridized carbons (Fsp3) is 0.167. The lowest BCUT2D eigenvalue weighted by molar-refractivity contribution is -0.354. The molecule has 0 saturated carbocycles. The van der Waals surface area contributed by atoms with Crippen LogP contribution in [-0.2, 0) is 14.8 Å². The number of methoxy groups -OCH3 is 2. The molecule has 0 fully saturated rings. The van der Waals surface area contributed by atoms with Gasteiger partial charge >= 0.3 is 0 Å². The largest absolute Gasteiger partial charge is 0.615 e. The fourth-order valence-electron chi connectivity index (χ4n) is 2.65. The van der Waals surface area contributed by atoms with Crippen molar-refractivity contribution in [2.24, 2.45) is 4.40 Å². The molecular formula is C18H16FN2O5S-. The number of aryl methyl sites for hydroxylation is 1. The first-order valence-corrected chi connectivity index (χ1v) is 9.23. The summed E-state index contributed by atoms with van der Waals surface area (Å²) >= 11 is 0. The summed E-state index contributed by atoms with van der Waals surface area (Å²) in [7, 11) is -1.78. The first-order chi connectivity index (χ1) is 12.8. The molecule has 1 heterocycles. The molecule has 1 aliphatic rings. The number of hydrogen-bond donors (Lipinski definition) is 1. The molecule has 27 heavy (non-hydrogen) atoms. The zero-order valence-electron chi connectivity index (χ0n) is 14.7. The first-order valence-electron chi connectivity index (χ1n) is 7.79. The van der Waals surface area contributed by atoms with Crippen LogP contribution in [0.5, 0.6) is 5.75 Å². The minimum atomic E-state index is -4.27. The van der Waals surface area contributed by atoms with Crippen LogP contribution in [0.25, 0.3) is 0 Å². The monoisotopic (exact) mass is 391 g/mol. The van der Waals surface area contributed by atoms with Crippen LogP contribution in [0.2, 0.25) is 0 Å². The van der Waals surface area contributed by atoms with Crippen molar-refractivity contribution in [3.63, 3.8) is 0 Å². The van der Waals surface area contributed by atoms with Crippen LogP contribution < -0.4 is 15.2 Å². The van der Waals surface area contributed by atoms with E-state index in [9.17, 15) is 17.9 Å². The SMILES string of the molecule is COC([O-])=C1Nc2ccc(F)cc2/C1=N\S(=O)(=O)c1cc(C)ccc1OC. The van der Waals surface area contributed by atoms with Gasteiger partial charge in [-0.25, -0.2) is 4.39 Å². The third-order valence-electron chi connectivity index (χ3n) is 3.93. The molecule has 7 nitrogen and oxygen atoms in total. The topological polar surface area (TPSA) is 100 Å². The Morgan fingerprint density at radius 1 is 1.19 bits per heavy atom. The molecule has 3 rings (SSSR count). The molecule has 142 valence electrons. The van der Waals surface area contributed by atoms with Crippen molar-refractivity contribution in [1.29, 1.82) is 0 Å². The maximum Gasteiger partial charge on any atom is 0.286 e. The van der Waals surface area contributed by atoms with Gasteiger partial charge in [0.15, 0.2) is 0 Å². The Hall–Kier alpha value is -3.07. The van der Waals surface area contributed by atoms with E-state index in [0.29, 0.717) is 11.3 Å². The average molecular weight is 391 g/mol. The predicted molar refractivity (Wildman–Crippen MR) is 95.5 cm³/mol. The van der Waals surface area contributed by atoms with E-state index in [1.807, 2.05) is 0 Å². The number of ether oxygens (including phenoxy) is 2. The lowest BCUT2D eigenvalue weighted by Gasteiger charge is -2.14. The Morgan fingerprint density at radius 2 is 1.93 bits per heavy atom. The predicted octanol–water partition coefficient (Wildman–Crippen LogP) is 1.92. The molecule has 1 aliphatic heterocycles. The highest BCUT2D eigenvalue weighted by atomic mass is 32.2. The zero-order valence-corrected chi connectivity index (χ0v) is 15.6. The highest BCUT2D eigenvalue weighted by molar-refractivity contribution is 7.90. The van der Waals surface area contributed by atoms with E-state index in [0.717, 1.165) is 13.2 Å². The maximum absolute atomic E-state index is 13.7. The van der Waals surface area contributed by atoms with E-state index in [4.69, 9.17) is 4.74 Å². The van der Waals surface area contributed by atoms with Gasteiger partial charge in [0.05, 0.1) is 18.8 Å². The van der Waals surface area contributed by atoms with Crippen LogP contribution in [0.15, 0.2) is 57.3 Å². The van der Waals surface area contributed by atoms with Crippen LogP contribution >= 0.6 is 0 Å². The number of sulfonamides is 1. The molecule has 0 aromatic heterocycles. The quantitative estimate of drug-likeness (QED) is 0.800. The van der Waals surface area contributed by atoms with Crippen LogP contribution in [0.3, 0.4) is 0 Å². The molecule has 2 aromatic carbocycles. The number of fused-ring (bicyclic) bond motifs is 1. The third kappa shape index (κ3) is 3.45. The van der Waals surface area contributed by atoms with Gasteiger partial charge in [0.2, 0.25) is 0 Å². The van der Waals surface area contributed by atoms with Crippen LogP contribution in [0.4, 0.5) is 10.1 Å². The molecule has 0 aliphatic carbocycles. The number of nitrogens with one attached hydrogen (secondary N) is 1. The van der Waals surface area contributed by atoms with Crippen molar-refractivity contribution < 1.29 is 27.4 Å². The Kier molecular flexibility index (Phi) is 4.79. The summed E-state index contributed by atoms with van der Waals surface area (Å²) in [5.74, 6) is -1.31. The zero-order chi connectivity index (χ0) is 19.8. The van der Waals surface area contributed by atoms with Gasteiger partial charge in [0.25, 0.3) is 10.0 Å². The molecule has 0 saturated heterocycles. The number of hydrogen-bond acceptors (Lipinski definition) is 6. The number of allylic oxidation sites excluding steroid dienone is 1. The fourth-order valence-corrected chi connectivity index (χ4v) is 3.92. The Morgan fingerprint density at radius 3 is 2.59 bits per heavy atom. The Balaban J connectivity index is 2.25. The summed E-state index contributed by atoms with van der Waals surface area (Å²) in [5.41, 5.74) is 0.767. The van der Waals surface area contributed by atoms with E-state index in [1.165, 1.54) is 31.4 Å². The summed E-state index contributed by atoms with van der Waals surface area (Å²) in [5, 5.41) is 14.8. The van der Waals surface area contributed by atoms with Crippen LogP contribution in [0.1, 0.15) is 11.1 Å². The standard InChI is InChI=1S/C18H17FN2O5S/c1-10-4-7-14(25-2)15(8-10)27(23,24)21-16-12-9-11(19)5-6-13(12)20-17(16)18(22)26-3/h4-9,20,22H,1-3H3/p-1/b18-17?,21-16+. The molecule has 0 spiro atoms. The minimum absolute atomic E-state index is 0.106. The first kappa shape index (κ1) is 18.7. The van der Waals surface area contributed by atoms with Crippen molar-refractivity contribution >= 4 is 21.4 Å². The molecule has 9 heteroatoms. The van der Waals surface area contributed by atoms with Gasteiger partial charge in [-0.15, -0.1) is 0 Å². The van der Waals surface area contributed by atoms with E-state index in [-0.39, 0.29) is 27.6 Å². The highest BCUT2D eigenvalue weighted by Crippen LogP contribution is 2.33.